The van der Waals surface area contributed by atoms with Gasteiger partial charge in [0.05, 0.1) is 0 Å². The zero-order valence-corrected chi connectivity index (χ0v) is 12.0. The van der Waals surface area contributed by atoms with Crippen LogP contribution in [0.3, 0.4) is 0 Å². The second-order valence-electron chi connectivity index (χ2n) is 4.22. The molecule has 0 saturated heterocycles. The van der Waals surface area contributed by atoms with Gasteiger partial charge < -0.3 is 0 Å². The zero-order chi connectivity index (χ0) is 12.3. The maximum Gasteiger partial charge on any atom is 0.0256 e. The van der Waals surface area contributed by atoms with Crippen LogP contribution in [-0.4, -0.2) is 18.0 Å². The van der Waals surface area contributed by atoms with Crippen LogP contribution in [0.2, 0.25) is 0 Å². The van der Waals surface area contributed by atoms with Crippen molar-refractivity contribution in [2.24, 2.45) is 0 Å². The van der Waals surface area contributed by atoms with Gasteiger partial charge in [-0.1, -0.05) is 60.1 Å². The van der Waals surface area contributed by atoms with Crippen molar-refractivity contribution in [3.05, 3.63) is 46.4 Å². The van der Waals surface area contributed by atoms with Gasteiger partial charge in [0, 0.05) is 16.4 Å². The maximum absolute atomic E-state index is 3.66. The second-order valence-corrected chi connectivity index (χ2v) is 5.07. The Morgan fingerprint density at radius 2 is 1.65 bits per heavy atom. The lowest BCUT2D eigenvalue weighted by molar-refractivity contribution is 0.297. The van der Waals surface area contributed by atoms with Crippen LogP contribution in [0.15, 0.2) is 40.9 Å². The van der Waals surface area contributed by atoms with Gasteiger partial charge in [-0.25, -0.2) is 0 Å². The van der Waals surface area contributed by atoms with Crippen LogP contribution < -0.4 is 0 Å². The van der Waals surface area contributed by atoms with Crippen molar-refractivity contribution < 1.29 is 0 Å². The Morgan fingerprint density at radius 3 is 2.29 bits per heavy atom. The lowest BCUT2D eigenvalue weighted by Crippen LogP contribution is -2.22. The summed E-state index contributed by atoms with van der Waals surface area (Å²) in [5, 5.41) is 2.66. The fourth-order valence-electron chi connectivity index (χ4n) is 2.19. The van der Waals surface area contributed by atoms with Gasteiger partial charge in [-0.15, -0.1) is 0 Å². The highest BCUT2D eigenvalue weighted by Crippen LogP contribution is 2.27. The molecule has 2 heteroatoms. The average Bonchev–Trinajstić information content (AvgIpc) is 2.36. The summed E-state index contributed by atoms with van der Waals surface area (Å²) in [6.45, 7) is 7.63. The lowest BCUT2D eigenvalue weighted by atomic mass is 10.0. The Labute approximate surface area is 112 Å². The monoisotopic (exact) mass is 291 g/mol. The summed E-state index contributed by atoms with van der Waals surface area (Å²) >= 11 is 3.66. The number of hydrogen-bond donors (Lipinski definition) is 0. The molecule has 0 unspecified atom stereocenters. The Kier molecular flexibility index (Phi) is 4.19. The van der Waals surface area contributed by atoms with E-state index in [4.69, 9.17) is 0 Å². The number of halogens is 1. The first kappa shape index (κ1) is 12.6. The molecule has 0 aliphatic rings. The Hall–Kier alpha value is -0.860. The first-order valence-corrected chi connectivity index (χ1v) is 6.94. The summed E-state index contributed by atoms with van der Waals surface area (Å²) < 4.78 is 1.19. The van der Waals surface area contributed by atoms with E-state index >= 15 is 0 Å². The number of fused-ring (bicyclic) bond motifs is 1. The summed E-state index contributed by atoms with van der Waals surface area (Å²) in [6, 6.07) is 12.9. The van der Waals surface area contributed by atoms with Crippen molar-refractivity contribution in [2.75, 3.05) is 13.1 Å². The number of benzene rings is 2. The molecule has 0 amide bonds. The minimum atomic E-state index is 1.02. The van der Waals surface area contributed by atoms with E-state index in [1.165, 1.54) is 20.8 Å². The van der Waals surface area contributed by atoms with Crippen LogP contribution in [0.1, 0.15) is 19.4 Å². The predicted molar refractivity (Wildman–Crippen MR) is 78.3 cm³/mol. The van der Waals surface area contributed by atoms with E-state index in [0.29, 0.717) is 0 Å². The highest BCUT2D eigenvalue weighted by molar-refractivity contribution is 9.10. The standard InChI is InChI=1S/C15H18BrN/c1-3-17(4-2)11-13-9-5-7-12-8-6-10-14(16)15(12)13/h5-10H,3-4,11H2,1-2H3. The molecule has 0 aliphatic carbocycles. The highest BCUT2D eigenvalue weighted by Gasteiger charge is 2.07. The van der Waals surface area contributed by atoms with Crippen molar-refractivity contribution in [1.29, 1.82) is 0 Å². The molecular weight excluding hydrogens is 274 g/mol. The van der Waals surface area contributed by atoms with Crippen LogP contribution in [-0.2, 0) is 6.54 Å². The van der Waals surface area contributed by atoms with Crippen molar-refractivity contribution in [3.8, 4) is 0 Å². The van der Waals surface area contributed by atoms with Gasteiger partial charge in [0.25, 0.3) is 0 Å². The zero-order valence-electron chi connectivity index (χ0n) is 10.4. The summed E-state index contributed by atoms with van der Waals surface area (Å²) in [4.78, 5) is 2.44. The summed E-state index contributed by atoms with van der Waals surface area (Å²) in [5.41, 5.74) is 1.40. The molecule has 0 bridgehead atoms. The van der Waals surface area contributed by atoms with Crippen molar-refractivity contribution in [1.82, 2.24) is 4.90 Å². The van der Waals surface area contributed by atoms with E-state index in [1.807, 2.05) is 0 Å². The van der Waals surface area contributed by atoms with Crippen LogP contribution in [0, 0.1) is 0 Å². The van der Waals surface area contributed by atoms with E-state index < -0.39 is 0 Å². The van der Waals surface area contributed by atoms with Crippen LogP contribution >= 0.6 is 15.9 Å². The first-order chi connectivity index (χ1) is 8.26. The molecule has 0 aromatic heterocycles. The Bertz CT molecular complexity index is 498. The molecule has 17 heavy (non-hydrogen) atoms. The highest BCUT2D eigenvalue weighted by atomic mass is 79.9. The van der Waals surface area contributed by atoms with Crippen molar-refractivity contribution in [3.63, 3.8) is 0 Å². The largest absolute Gasteiger partial charge is 0.300 e. The molecule has 0 fully saturated rings. The van der Waals surface area contributed by atoms with Gasteiger partial charge in [0.15, 0.2) is 0 Å². The molecule has 90 valence electrons. The molecule has 2 aromatic rings. The SMILES string of the molecule is CCN(CC)Cc1cccc2cccc(Br)c12. The predicted octanol–water partition coefficient (Wildman–Crippen LogP) is 4.44. The molecule has 0 atom stereocenters. The van der Waals surface area contributed by atoms with Crippen molar-refractivity contribution >= 4 is 26.7 Å². The van der Waals surface area contributed by atoms with E-state index in [2.05, 4.69) is 71.1 Å². The van der Waals surface area contributed by atoms with Gasteiger partial charge in [-0.05, 0) is 30.1 Å². The lowest BCUT2D eigenvalue weighted by Gasteiger charge is -2.19. The van der Waals surface area contributed by atoms with Gasteiger partial charge in [0.1, 0.15) is 0 Å². The van der Waals surface area contributed by atoms with Gasteiger partial charge >= 0.3 is 0 Å². The smallest absolute Gasteiger partial charge is 0.0256 e. The molecule has 2 rings (SSSR count). The minimum Gasteiger partial charge on any atom is -0.300 e. The molecule has 1 nitrogen and oxygen atoms in total. The molecule has 0 aliphatic heterocycles. The van der Waals surface area contributed by atoms with Crippen molar-refractivity contribution in [2.45, 2.75) is 20.4 Å². The normalized spacial score (nSPS) is 11.3. The molecule has 0 radical (unpaired) electrons. The average molecular weight is 292 g/mol. The summed E-state index contributed by atoms with van der Waals surface area (Å²) in [6.07, 6.45) is 0. The van der Waals surface area contributed by atoms with E-state index in [9.17, 15) is 0 Å². The molecule has 0 saturated carbocycles. The van der Waals surface area contributed by atoms with Gasteiger partial charge in [-0.2, -0.15) is 0 Å². The fraction of sp³-hybridized carbons (Fsp3) is 0.333. The molecule has 0 spiro atoms. The second kappa shape index (κ2) is 5.65. The Morgan fingerprint density at radius 1 is 1.00 bits per heavy atom. The molecule has 0 N–H and O–H groups in total. The summed E-state index contributed by atoms with van der Waals surface area (Å²) in [5.74, 6) is 0. The van der Waals surface area contributed by atoms with Gasteiger partial charge in [-0.3, -0.25) is 4.90 Å². The number of nitrogens with zero attached hydrogens (tertiary/aromatic N) is 1. The summed E-state index contributed by atoms with van der Waals surface area (Å²) in [7, 11) is 0. The van der Waals surface area contributed by atoms with E-state index in [1.54, 1.807) is 0 Å². The van der Waals surface area contributed by atoms with Gasteiger partial charge in [0.2, 0.25) is 0 Å². The fourth-order valence-corrected chi connectivity index (χ4v) is 2.83. The van der Waals surface area contributed by atoms with E-state index in [-0.39, 0.29) is 0 Å². The van der Waals surface area contributed by atoms with E-state index in [0.717, 1.165) is 19.6 Å². The molecular formula is C15H18BrN. The minimum absolute atomic E-state index is 1.02. The maximum atomic E-state index is 3.66. The third-order valence-electron chi connectivity index (χ3n) is 3.23. The molecule has 0 heterocycles. The third-order valence-corrected chi connectivity index (χ3v) is 3.89. The number of hydrogen-bond acceptors (Lipinski definition) is 1. The van der Waals surface area contributed by atoms with Crippen LogP contribution in [0.25, 0.3) is 10.8 Å². The topological polar surface area (TPSA) is 3.24 Å². The van der Waals surface area contributed by atoms with Crippen LogP contribution in [0.4, 0.5) is 0 Å². The Balaban J connectivity index is 2.46. The third kappa shape index (κ3) is 2.70. The molecule has 2 aromatic carbocycles. The van der Waals surface area contributed by atoms with Crippen LogP contribution in [0.5, 0.6) is 0 Å². The first-order valence-electron chi connectivity index (χ1n) is 6.14. The quantitative estimate of drug-likeness (QED) is 0.805. The number of rotatable bonds is 4.